The van der Waals surface area contributed by atoms with E-state index in [1.807, 2.05) is 18.4 Å². The third kappa shape index (κ3) is 2.48. The number of aromatic nitrogens is 4. The fraction of sp³-hybridized carbons (Fsp3) is 0.688. The largest absolute Gasteiger partial charge is 0.342 e. The zero-order valence-corrected chi connectivity index (χ0v) is 14.4. The van der Waals surface area contributed by atoms with Crippen LogP contribution in [-0.4, -0.2) is 31.8 Å². The van der Waals surface area contributed by atoms with Gasteiger partial charge in [-0.1, -0.05) is 12.8 Å². The number of fused-ring (bicyclic) bond motifs is 1. The number of hydrogen-bond donors (Lipinski definition) is 0. The van der Waals surface area contributed by atoms with Crippen LogP contribution in [0, 0.1) is 0 Å². The summed E-state index contributed by atoms with van der Waals surface area (Å²) >= 11 is 0. The van der Waals surface area contributed by atoms with Crippen LogP contribution >= 0.6 is 0 Å². The van der Waals surface area contributed by atoms with Crippen LogP contribution in [0.2, 0.25) is 0 Å². The summed E-state index contributed by atoms with van der Waals surface area (Å²) in [6.07, 6.45) is 4.74. The van der Waals surface area contributed by atoms with Crippen molar-refractivity contribution < 1.29 is 0 Å². The lowest BCUT2D eigenvalue weighted by Crippen LogP contribution is -2.37. The first-order valence-electron chi connectivity index (χ1n) is 8.36. The van der Waals surface area contributed by atoms with E-state index in [9.17, 15) is 9.59 Å². The first-order valence-corrected chi connectivity index (χ1v) is 8.36. The van der Waals surface area contributed by atoms with Gasteiger partial charge in [0.05, 0.1) is 0 Å². The molecule has 126 valence electrons. The Morgan fingerprint density at radius 1 is 0.957 bits per heavy atom. The van der Waals surface area contributed by atoms with Crippen molar-refractivity contribution in [3.63, 3.8) is 0 Å². The molecular weight excluding hydrogens is 294 g/mol. The quantitative estimate of drug-likeness (QED) is 0.839. The summed E-state index contributed by atoms with van der Waals surface area (Å²) in [5, 5.41) is 0. The summed E-state index contributed by atoms with van der Waals surface area (Å²) in [7, 11) is 3.20. The van der Waals surface area contributed by atoms with E-state index in [1.54, 1.807) is 7.05 Å². The van der Waals surface area contributed by atoms with Crippen LogP contribution in [0.3, 0.4) is 0 Å². The van der Waals surface area contributed by atoms with Gasteiger partial charge in [0, 0.05) is 33.2 Å². The third-order valence-corrected chi connectivity index (χ3v) is 4.68. The lowest BCUT2D eigenvalue weighted by atomic mass is 10.2. The van der Waals surface area contributed by atoms with E-state index < -0.39 is 0 Å². The SMILES string of the molecule is CC(C)n1c(N2CCCCCC2)nc2c1c(=O)n(C)c(=O)n2C. The van der Waals surface area contributed by atoms with Gasteiger partial charge in [-0.15, -0.1) is 0 Å². The van der Waals surface area contributed by atoms with Gasteiger partial charge in [0.2, 0.25) is 5.95 Å². The standard InChI is InChI=1S/C16H25N5O2/c1-11(2)21-12-13(18(3)16(23)19(4)14(12)22)17-15(21)20-9-7-5-6-8-10-20/h11H,5-10H2,1-4H3. The minimum Gasteiger partial charge on any atom is -0.342 e. The number of imidazole rings is 1. The monoisotopic (exact) mass is 319 g/mol. The number of rotatable bonds is 2. The second-order valence-corrected chi connectivity index (χ2v) is 6.65. The Morgan fingerprint density at radius 2 is 1.57 bits per heavy atom. The molecule has 0 saturated carbocycles. The van der Waals surface area contributed by atoms with Crippen molar-refractivity contribution in [3.05, 3.63) is 20.8 Å². The summed E-state index contributed by atoms with van der Waals surface area (Å²) in [6, 6.07) is 0.100. The van der Waals surface area contributed by atoms with Crippen LogP contribution in [0.25, 0.3) is 11.2 Å². The van der Waals surface area contributed by atoms with Gasteiger partial charge in [-0.2, -0.15) is 4.98 Å². The Kier molecular flexibility index (Phi) is 4.04. The molecule has 0 aromatic carbocycles. The molecule has 0 aliphatic carbocycles. The summed E-state index contributed by atoms with van der Waals surface area (Å²) in [6.45, 7) is 5.99. The molecule has 2 aromatic heterocycles. The molecule has 1 aliphatic rings. The van der Waals surface area contributed by atoms with Gasteiger partial charge in [0.15, 0.2) is 11.2 Å². The molecule has 7 nitrogen and oxygen atoms in total. The van der Waals surface area contributed by atoms with E-state index in [0.717, 1.165) is 36.4 Å². The molecule has 0 amide bonds. The van der Waals surface area contributed by atoms with Crippen molar-refractivity contribution in [1.29, 1.82) is 0 Å². The van der Waals surface area contributed by atoms with Crippen molar-refractivity contribution in [2.24, 2.45) is 14.1 Å². The highest BCUT2D eigenvalue weighted by Crippen LogP contribution is 2.26. The lowest BCUT2D eigenvalue weighted by Gasteiger charge is -2.24. The zero-order valence-electron chi connectivity index (χ0n) is 14.4. The Balaban J connectivity index is 2.32. The molecule has 0 N–H and O–H groups in total. The summed E-state index contributed by atoms with van der Waals surface area (Å²) in [5.41, 5.74) is 0.388. The predicted octanol–water partition coefficient (Wildman–Crippen LogP) is 1.40. The lowest BCUT2D eigenvalue weighted by molar-refractivity contribution is 0.594. The third-order valence-electron chi connectivity index (χ3n) is 4.68. The molecule has 3 heterocycles. The van der Waals surface area contributed by atoms with Crippen molar-refractivity contribution in [3.8, 4) is 0 Å². The van der Waals surface area contributed by atoms with Crippen LogP contribution in [-0.2, 0) is 14.1 Å². The molecule has 1 aliphatic heterocycles. The molecule has 0 bridgehead atoms. The topological polar surface area (TPSA) is 65.1 Å². The van der Waals surface area contributed by atoms with Gasteiger partial charge < -0.3 is 9.47 Å². The predicted molar refractivity (Wildman–Crippen MR) is 91.3 cm³/mol. The Labute approximate surface area is 135 Å². The average molecular weight is 319 g/mol. The first-order chi connectivity index (χ1) is 10.9. The fourth-order valence-electron chi connectivity index (χ4n) is 3.39. The minimum atomic E-state index is -0.335. The van der Waals surface area contributed by atoms with E-state index in [-0.39, 0.29) is 17.3 Å². The van der Waals surface area contributed by atoms with Crippen molar-refractivity contribution in [2.45, 2.75) is 45.6 Å². The van der Waals surface area contributed by atoms with E-state index in [4.69, 9.17) is 4.98 Å². The maximum atomic E-state index is 12.7. The first kappa shape index (κ1) is 15.8. The molecule has 7 heteroatoms. The second kappa shape index (κ2) is 5.86. The molecule has 1 fully saturated rings. The summed E-state index contributed by atoms with van der Waals surface area (Å²) < 4.78 is 4.62. The second-order valence-electron chi connectivity index (χ2n) is 6.65. The van der Waals surface area contributed by atoms with Crippen LogP contribution in [0.4, 0.5) is 5.95 Å². The van der Waals surface area contributed by atoms with E-state index in [2.05, 4.69) is 4.90 Å². The summed E-state index contributed by atoms with van der Waals surface area (Å²) in [5.74, 6) is 0.815. The number of nitrogens with zero attached hydrogens (tertiary/aromatic N) is 5. The maximum Gasteiger partial charge on any atom is 0.332 e. The minimum absolute atomic E-state index is 0.100. The highest BCUT2D eigenvalue weighted by Gasteiger charge is 2.24. The molecular formula is C16H25N5O2. The average Bonchev–Trinajstić information content (AvgIpc) is 2.72. The van der Waals surface area contributed by atoms with Crippen molar-refractivity contribution in [2.75, 3.05) is 18.0 Å². The highest BCUT2D eigenvalue weighted by atomic mass is 16.2. The van der Waals surface area contributed by atoms with Gasteiger partial charge in [-0.3, -0.25) is 13.9 Å². The molecule has 0 atom stereocenters. The van der Waals surface area contributed by atoms with Gasteiger partial charge in [-0.25, -0.2) is 4.79 Å². The van der Waals surface area contributed by atoms with Crippen LogP contribution in [0.5, 0.6) is 0 Å². The number of hydrogen-bond acceptors (Lipinski definition) is 4. The molecule has 0 radical (unpaired) electrons. The van der Waals surface area contributed by atoms with Gasteiger partial charge in [0.1, 0.15) is 0 Å². The molecule has 3 rings (SSSR count). The molecule has 0 spiro atoms. The Morgan fingerprint density at radius 3 is 2.13 bits per heavy atom. The molecule has 1 saturated heterocycles. The Bertz CT molecular complexity index is 835. The van der Waals surface area contributed by atoms with Gasteiger partial charge in [0.25, 0.3) is 5.56 Å². The van der Waals surface area contributed by atoms with Gasteiger partial charge >= 0.3 is 5.69 Å². The van der Waals surface area contributed by atoms with Crippen LogP contribution in [0.1, 0.15) is 45.6 Å². The normalized spacial score (nSPS) is 16.3. The van der Waals surface area contributed by atoms with Crippen molar-refractivity contribution >= 4 is 17.1 Å². The van der Waals surface area contributed by atoms with E-state index in [0.29, 0.717) is 11.2 Å². The van der Waals surface area contributed by atoms with Crippen LogP contribution < -0.4 is 16.1 Å². The van der Waals surface area contributed by atoms with E-state index in [1.165, 1.54) is 24.5 Å². The van der Waals surface area contributed by atoms with Crippen LogP contribution in [0.15, 0.2) is 9.59 Å². The molecule has 23 heavy (non-hydrogen) atoms. The highest BCUT2D eigenvalue weighted by molar-refractivity contribution is 5.74. The van der Waals surface area contributed by atoms with E-state index >= 15 is 0 Å². The number of aryl methyl sites for hydroxylation is 1. The number of anilines is 1. The van der Waals surface area contributed by atoms with Crippen molar-refractivity contribution in [1.82, 2.24) is 18.7 Å². The zero-order chi connectivity index (χ0) is 16.7. The fourth-order valence-corrected chi connectivity index (χ4v) is 3.39. The summed E-state index contributed by atoms with van der Waals surface area (Å²) in [4.78, 5) is 31.8. The molecule has 2 aromatic rings. The van der Waals surface area contributed by atoms with Gasteiger partial charge in [-0.05, 0) is 26.7 Å². The molecule has 0 unspecified atom stereocenters. The Hall–Kier alpha value is -2.05. The smallest absolute Gasteiger partial charge is 0.332 e. The maximum absolute atomic E-state index is 12.7.